The van der Waals surface area contributed by atoms with E-state index in [1.807, 2.05) is 7.05 Å². The Labute approximate surface area is 100.0 Å². The molecule has 0 saturated carbocycles. The van der Waals surface area contributed by atoms with E-state index in [1.54, 1.807) is 12.1 Å². The van der Waals surface area contributed by atoms with Crippen LogP contribution in [-0.4, -0.2) is 32.1 Å². The van der Waals surface area contributed by atoms with Gasteiger partial charge in [-0.2, -0.15) is 0 Å². The third-order valence-electron chi connectivity index (χ3n) is 3.16. The van der Waals surface area contributed by atoms with Gasteiger partial charge in [0.2, 0.25) is 0 Å². The molecule has 1 aromatic rings. The minimum absolute atomic E-state index is 0.0925. The zero-order chi connectivity index (χ0) is 12.3. The van der Waals surface area contributed by atoms with Crippen molar-refractivity contribution in [3.05, 3.63) is 35.6 Å². The Balaban J connectivity index is 1.99. The van der Waals surface area contributed by atoms with Crippen molar-refractivity contribution in [3.63, 3.8) is 0 Å². The number of rotatable bonds is 4. The molecule has 1 N–H and O–H groups in total. The van der Waals surface area contributed by atoms with Crippen LogP contribution in [0.1, 0.15) is 5.56 Å². The maximum atomic E-state index is 12.7. The third kappa shape index (κ3) is 2.90. The number of nitrogens with one attached hydrogen (secondary N) is 1. The number of benzene rings is 1. The summed E-state index contributed by atoms with van der Waals surface area (Å²) in [6, 6.07) is 6.16. The highest BCUT2D eigenvalue weighted by molar-refractivity contribution is 5.84. The molecule has 1 heterocycles. The maximum absolute atomic E-state index is 12.7. The number of hydrogen-bond donors (Lipinski definition) is 1. The summed E-state index contributed by atoms with van der Waals surface area (Å²) in [4.78, 5) is 12.1. The normalized spacial score (nSPS) is 23.9. The molecule has 3 nitrogen and oxygen atoms in total. The molecule has 92 valence electrons. The Bertz CT molecular complexity index is 391. The smallest absolute Gasteiger partial charge is 0.144 e. The van der Waals surface area contributed by atoms with Crippen molar-refractivity contribution >= 4 is 5.78 Å². The van der Waals surface area contributed by atoms with Gasteiger partial charge in [-0.25, -0.2) is 4.39 Å². The first-order chi connectivity index (χ1) is 8.20. The predicted octanol–water partition coefficient (Wildman–Crippen LogP) is 1.17. The Morgan fingerprint density at radius 3 is 2.76 bits per heavy atom. The lowest BCUT2D eigenvalue weighted by Gasteiger charge is -2.15. The van der Waals surface area contributed by atoms with Crippen molar-refractivity contribution in [2.24, 2.45) is 5.92 Å². The molecule has 0 aliphatic carbocycles. The van der Waals surface area contributed by atoms with Gasteiger partial charge in [0.25, 0.3) is 0 Å². The van der Waals surface area contributed by atoms with Crippen LogP contribution >= 0.6 is 0 Å². The lowest BCUT2D eigenvalue weighted by Crippen LogP contribution is -2.37. The summed E-state index contributed by atoms with van der Waals surface area (Å²) in [6.45, 7) is 1.06. The van der Waals surface area contributed by atoms with Crippen LogP contribution in [-0.2, 0) is 16.0 Å². The second-order valence-corrected chi connectivity index (χ2v) is 4.31. The van der Waals surface area contributed by atoms with Crippen molar-refractivity contribution in [1.82, 2.24) is 5.32 Å². The van der Waals surface area contributed by atoms with Crippen LogP contribution in [0, 0.1) is 11.7 Å². The highest BCUT2D eigenvalue weighted by Gasteiger charge is 2.32. The quantitative estimate of drug-likeness (QED) is 0.854. The third-order valence-corrected chi connectivity index (χ3v) is 3.16. The number of ketones is 1. The standard InChI is InChI=1S/C13H16FNO2/c1-15-12-8-17-7-11(12)13(16)6-9-2-4-10(14)5-3-9/h2-5,11-12,15H,6-8H2,1H3. The lowest BCUT2D eigenvalue weighted by molar-refractivity contribution is -0.122. The molecular formula is C13H16FNO2. The van der Waals surface area contributed by atoms with Gasteiger partial charge >= 0.3 is 0 Å². The number of carbonyl (C=O) groups excluding carboxylic acids is 1. The van der Waals surface area contributed by atoms with Crippen LogP contribution in [0.4, 0.5) is 4.39 Å². The van der Waals surface area contributed by atoms with Crippen LogP contribution in [0.15, 0.2) is 24.3 Å². The van der Waals surface area contributed by atoms with E-state index in [0.29, 0.717) is 19.6 Å². The van der Waals surface area contributed by atoms with E-state index in [0.717, 1.165) is 5.56 Å². The summed E-state index contributed by atoms with van der Waals surface area (Å²) in [5.41, 5.74) is 0.846. The van der Waals surface area contributed by atoms with E-state index in [9.17, 15) is 9.18 Å². The second kappa shape index (κ2) is 5.38. The van der Waals surface area contributed by atoms with Gasteiger partial charge in [-0.15, -0.1) is 0 Å². The fourth-order valence-corrected chi connectivity index (χ4v) is 2.09. The first-order valence-electron chi connectivity index (χ1n) is 5.73. The topological polar surface area (TPSA) is 38.3 Å². The highest BCUT2D eigenvalue weighted by atomic mass is 19.1. The second-order valence-electron chi connectivity index (χ2n) is 4.31. The first-order valence-corrected chi connectivity index (χ1v) is 5.73. The lowest BCUT2D eigenvalue weighted by atomic mass is 9.94. The van der Waals surface area contributed by atoms with Gasteiger partial charge in [0.15, 0.2) is 0 Å². The van der Waals surface area contributed by atoms with Crippen molar-refractivity contribution in [2.45, 2.75) is 12.5 Å². The summed E-state index contributed by atoms with van der Waals surface area (Å²) in [6.07, 6.45) is 0.340. The van der Waals surface area contributed by atoms with Crippen molar-refractivity contribution in [3.8, 4) is 0 Å². The van der Waals surface area contributed by atoms with E-state index in [-0.39, 0.29) is 23.6 Å². The van der Waals surface area contributed by atoms with Gasteiger partial charge in [-0.05, 0) is 24.7 Å². The maximum Gasteiger partial charge on any atom is 0.144 e. The predicted molar refractivity (Wildman–Crippen MR) is 62.3 cm³/mol. The van der Waals surface area contributed by atoms with Gasteiger partial charge in [0.05, 0.1) is 19.1 Å². The average molecular weight is 237 g/mol. The van der Waals surface area contributed by atoms with Crippen LogP contribution in [0.3, 0.4) is 0 Å². The van der Waals surface area contributed by atoms with Gasteiger partial charge in [0.1, 0.15) is 11.6 Å². The van der Waals surface area contributed by atoms with Gasteiger partial charge in [-0.3, -0.25) is 4.79 Å². The molecule has 2 atom stereocenters. The van der Waals surface area contributed by atoms with Gasteiger partial charge in [-0.1, -0.05) is 12.1 Å². The molecule has 1 saturated heterocycles. The van der Waals surface area contributed by atoms with E-state index in [1.165, 1.54) is 12.1 Å². The Morgan fingerprint density at radius 1 is 1.41 bits per heavy atom. The molecule has 1 aromatic carbocycles. The molecular weight excluding hydrogens is 221 g/mol. The molecule has 1 aliphatic rings. The molecule has 1 aliphatic heterocycles. The summed E-state index contributed by atoms with van der Waals surface area (Å²) < 4.78 is 18.0. The van der Waals surface area contributed by atoms with Crippen LogP contribution in [0.25, 0.3) is 0 Å². The highest BCUT2D eigenvalue weighted by Crippen LogP contribution is 2.17. The number of halogens is 1. The van der Waals surface area contributed by atoms with E-state index in [4.69, 9.17) is 4.74 Å². The monoisotopic (exact) mass is 237 g/mol. The Morgan fingerprint density at radius 2 is 2.12 bits per heavy atom. The molecule has 0 bridgehead atoms. The summed E-state index contributed by atoms with van der Waals surface area (Å²) >= 11 is 0. The summed E-state index contributed by atoms with van der Waals surface area (Å²) in [7, 11) is 1.83. The zero-order valence-corrected chi connectivity index (χ0v) is 9.78. The molecule has 2 rings (SSSR count). The SMILES string of the molecule is CNC1COCC1C(=O)Cc1ccc(F)cc1. The largest absolute Gasteiger partial charge is 0.379 e. The molecule has 1 fully saturated rings. The summed E-state index contributed by atoms with van der Waals surface area (Å²) in [5, 5.41) is 3.08. The van der Waals surface area contributed by atoms with E-state index < -0.39 is 0 Å². The van der Waals surface area contributed by atoms with Crippen LogP contribution in [0.5, 0.6) is 0 Å². The Kier molecular flexibility index (Phi) is 3.86. The molecule has 4 heteroatoms. The number of hydrogen-bond acceptors (Lipinski definition) is 3. The minimum Gasteiger partial charge on any atom is -0.379 e. The zero-order valence-electron chi connectivity index (χ0n) is 9.78. The van der Waals surface area contributed by atoms with Crippen LogP contribution in [0.2, 0.25) is 0 Å². The van der Waals surface area contributed by atoms with Gasteiger partial charge in [0, 0.05) is 12.5 Å². The molecule has 2 unspecified atom stereocenters. The number of likely N-dealkylation sites (N-methyl/N-ethyl adjacent to an activating group) is 1. The van der Waals surface area contributed by atoms with Crippen LogP contribution < -0.4 is 5.32 Å². The number of Topliss-reactive ketones (excluding diaryl/α,β-unsaturated/α-hetero) is 1. The van der Waals surface area contributed by atoms with Crippen molar-refractivity contribution in [1.29, 1.82) is 0 Å². The first kappa shape index (κ1) is 12.2. The Hall–Kier alpha value is -1.26. The average Bonchev–Trinajstić information content (AvgIpc) is 2.80. The number of ether oxygens (including phenoxy) is 1. The fraction of sp³-hybridized carbons (Fsp3) is 0.462. The molecule has 0 aromatic heterocycles. The minimum atomic E-state index is -0.279. The molecule has 0 spiro atoms. The summed E-state index contributed by atoms with van der Waals surface area (Å²) in [5.74, 6) is -0.225. The molecule has 17 heavy (non-hydrogen) atoms. The molecule has 0 amide bonds. The van der Waals surface area contributed by atoms with E-state index >= 15 is 0 Å². The van der Waals surface area contributed by atoms with Crippen molar-refractivity contribution < 1.29 is 13.9 Å². The van der Waals surface area contributed by atoms with E-state index in [2.05, 4.69) is 5.32 Å². The van der Waals surface area contributed by atoms with Gasteiger partial charge < -0.3 is 10.1 Å². The molecule has 0 radical (unpaired) electrons. The number of carbonyl (C=O) groups is 1. The van der Waals surface area contributed by atoms with Crippen molar-refractivity contribution in [2.75, 3.05) is 20.3 Å². The fourth-order valence-electron chi connectivity index (χ4n) is 2.09.